The first kappa shape index (κ1) is 25.6. The van der Waals surface area contributed by atoms with Crippen LogP contribution in [0.3, 0.4) is 0 Å². The van der Waals surface area contributed by atoms with Crippen LogP contribution in [0.15, 0.2) is 48.5 Å². The van der Waals surface area contributed by atoms with Gasteiger partial charge >= 0.3 is 12.1 Å². The van der Waals surface area contributed by atoms with Crippen molar-refractivity contribution in [2.24, 2.45) is 5.92 Å². The molecule has 0 bridgehead atoms. The van der Waals surface area contributed by atoms with Gasteiger partial charge in [0.2, 0.25) is 5.91 Å². The van der Waals surface area contributed by atoms with Crippen molar-refractivity contribution in [1.82, 2.24) is 10.6 Å². The number of carboxylic acid groups (broad SMARTS) is 1. The summed E-state index contributed by atoms with van der Waals surface area (Å²) in [7, 11) is 0. The van der Waals surface area contributed by atoms with Gasteiger partial charge in [0.25, 0.3) is 0 Å². The Bertz CT molecular complexity index is 967. The second-order valence-corrected chi connectivity index (χ2v) is 9.57. The molecule has 34 heavy (non-hydrogen) atoms. The van der Waals surface area contributed by atoms with Gasteiger partial charge in [0.1, 0.15) is 12.6 Å². The summed E-state index contributed by atoms with van der Waals surface area (Å²) in [5.41, 5.74) is 4.57. The molecule has 1 aliphatic carbocycles. The molecule has 0 spiro atoms. The molecule has 2 unspecified atom stereocenters. The molecule has 3 N–H and O–H groups in total. The quantitative estimate of drug-likeness (QED) is 0.416. The number of hydrogen-bond donors (Lipinski definition) is 3. The Labute approximate surface area is 204 Å². The van der Waals surface area contributed by atoms with E-state index in [0.29, 0.717) is 25.1 Å². The van der Waals surface area contributed by atoms with Crippen molar-refractivity contribution in [2.75, 3.05) is 25.2 Å². The Morgan fingerprint density at radius 2 is 1.65 bits per heavy atom. The molecule has 0 heterocycles. The number of aliphatic carboxylic acids is 1. The smallest absolute Gasteiger partial charge is 0.407 e. The molecule has 1 aliphatic rings. The van der Waals surface area contributed by atoms with Crippen molar-refractivity contribution in [3.63, 3.8) is 0 Å². The number of thioether (sulfide) groups is 1. The SMILES string of the molecule is CSCCC(NC(=O)OCC1c2ccccc2-c2ccccc21)C(=O)NCCC(C)CC(=O)O. The third-order valence-electron chi connectivity index (χ3n) is 6.02. The Balaban J connectivity index is 1.56. The zero-order valence-electron chi connectivity index (χ0n) is 19.6. The van der Waals surface area contributed by atoms with Crippen LogP contribution in [0.1, 0.15) is 43.2 Å². The number of hydrogen-bond acceptors (Lipinski definition) is 5. The van der Waals surface area contributed by atoms with E-state index in [1.54, 1.807) is 11.8 Å². The van der Waals surface area contributed by atoms with Crippen molar-refractivity contribution in [1.29, 1.82) is 0 Å². The lowest BCUT2D eigenvalue weighted by Gasteiger charge is -2.20. The van der Waals surface area contributed by atoms with Crippen LogP contribution in [0, 0.1) is 5.92 Å². The summed E-state index contributed by atoms with van der Waals surface area (Å²) in [6.07, 6.45) is 2.40. The summed E-state index contributed by atoms with van der Waals surface area (Å²) in [6, 6.07) is 15.5. The van der Waals surface area contributed by atoms with Gasteiger partial charge in [-0.15, -0.1) is 0 Å². The van der Waals surface area contributed by atoms with E-state index in [4.69, 9.17) is 9.84 Å². The van der Waals surface area contributed by atoms with Gasteiger partial charge in [-0.3, -0.25) is 9.59 Å². The molecule has 182 valence electrons. The van der Waals surface area contributed by atoms with Gasteiger partial charge < -0.3 is 20.5 Å². The molecule has 0 saturated carbocycles. The molecule has 0 radical (unpaired) electrons. The highest BCUT2D eigenvalue weighted by atomic mass is 32.2. The Hall–Kier alpha value is -3.00. The second-order valence-electron chi connectivity index (χ2n) is 8.59. The number of alkyl carbamates (subject to hydrolysis) is 1. The molecule has 7 nitrogen and oxygen atoms in total. The zero-order valence-corrected chi connectivity index (χ0v) is 20.4. The van der Waals surface area contributed by atoms with Crippen molar-refractivity contribution >= 4 is 29.7 Å². The molecule has 2 atom stereocenters. The van der Waals surface area contributed by atoms with Gasteiger partial charge in [-0.2, -0.15) is 11.8 Å². The summed E-state index contributed by atoms with van der Waals surface area (Å²) < 4.78 is 5.58. The van der Waals surface area contributed by atoms with Crippen LogP contribution < -0.4 is 10.6 Å². The third-order valence-corrected chi connectivity index (χ3v) is 6.67. The first-order valence-corrected chi connectivity index (χ1v) is 12.9. The molecular weight excluding hydrogens is 452 g/mol. The van der Waals surface area contributed by atoms with Gasteiger partial charge in [0.15, 0.2) is 0 Å². The predicted octanol–water partition coefficient (Wildman–Crippen LogP) is 4.26. The van der Waals surface area contributed by atoms with E-state index in [1.807, 2.05) is 37.4 Å². The maximum absolute atomic E-state index is 12.7. The van der Waals surface area contributed by atoms with Crippen LogP contribution in [-0.2, 0) is 14.3 Å². The molecule has 0 aromatic heterocycles. The molecule has 3 rings (SSSR count). The van der Waals surface area contributed by atoms with E-state index in [-0.39, 0.29) is 30.8 Å². The second kappa shape index (κ2) is 12.5. The molecule has 0 saturated heterocycles. The summed E-state index contributed by atoms with van der Waals surface area (Å²) in [5, 5.41) is 14.4. The average Bonchev–Trinajstić information content (AvgIpc) is 3.13. The van der Waals surface area contributed by atoms with Gasteiger partial charge in [-0.1, -0.05) is 55.5 Å². The van der Waals surface area contributed by atoms with Crippen LogP contribution in [-0.4, -0.2) is 54.3 Å². The summed E-state index contributed by atoms with van der Waals surface area (Å²) in [5.74, 6) is -0.527. The fourth-order valence-corrected chi connectivity index (χ4v) is 4.72. The monoisotopic (exact) mass is 484 g/mol. The highest BCUT2D eigenvalue weighted by molar-refractivity contribution is 7.98. The number of carbonyl (C=O) groups excluding carboxylic acids is 2. The molecule has 0 aliphatic heterocycles. The third kappa shape index (κ3) is 6.76. The average molecular weight is 485 g/mol. The maximum Gasteiger partial charge on any atom is 0.407 e. The molecule has 2 aromatic carbocycles. The first-order chi connectivity index (χ1) is 16.4. The van der Waals surface area contributed by atoms with E-state index >= 15 is 0 Å². The minimum absolute atomic E-state index is 0.0439. The van der Waals surface area contributed by atoms with Crippen LogP contribution in [0.25, 0.3) is 11.1 Å². The van der Waals surface area contributed by atoms with E-state index in [1.165, 1.54) is 0 Å². The topological polar surface area (TPSA) is 105 Å². The van der Waals surface area contributed by atoms with E-state index in [9.17, 15) is 14.4 Å². The number of fused-ring (bicyclic) bond motifs is 3. The number of rotatable bonds is 12. The largest absolute Gasteiger partial charge is 0.481 e. The minimum atomic E-state index is -0.853. The first-order valence-electron chi connectivity index (χ1n) is 11.5. The van der Waals surface area contributed by atoms with Crippen molar-refractivity contribution in [3.8, 4) is 11.1 Å². The highest BCUT2D eigenvalue weighted by Crippen LogP contribution is 2.44. The lowest BCUT2D eigenvalue weighted by Crippen LogP contribution is -2.47. The summed E-state index contributed by atoms with van der Waals surface area (Å²) in [6.45, 7) is 2.37. The van der Waals surface area contributed by atoms with Crippen LogP contribution in [0.4, 0.5) is 4.79 Å². The van der Waals surface area contributed by atoms with Gasteiger partial charge in [0, 0.05) is 18.9 Å². The number of ether oxygens (including phenoxy) is 1. The summed E-state index contributed by atoms with van der Waals surface area (Å²) in [4.78, 5) is 36.1. The van der Waals surface area contributed by atoms with E-state index < -0.39 is 18.1 Å². The van der Waals surface area contributed by atoms with Crippen molar-refractivity contribution < 1.29 is 24.2 Å². The number of carboxylic acids is 1. The summed E-state index contributed by atoms with van der Waals surface area (Å²) >= 11 is 1.59. The highest BCUT2D eigenvalue weighted by Gasteiger charge is 2.29. The number of benzene rings is 2. The number of carbonyl (C=O) groups is 3. The van der Waals surface area contributed by atoms with E-state index in [2.05, 4.69) is 34.9 Å². The molecule has 0 fully saturated rings. The fraction of sp³-hybridized carbons (Fsp3) is 0.423. The van der Waals surface area contributed by atoms with Gasteiger partial charge in [0.05, 0.1) is 0 Å². The predicted molar refractivity (Wildman–Crippen MR) is 134 cm³/mol. The number of amides is 2. The number of nitrogens with one attached hydrogen (secondary N) is 2. The normalized spacial score (nSPS) is 13.9. The molecule has 2 aromatic rings. The van der Waals surface area contributed by atoms with Crippen molar-refractivity contribution in [3.05, 3.63) is 59.7 Å². The van der Waals surface area contributed by atoms with Gasteiger partial charge in [-0.05, 0) is 53.0 Å². The van der Waals surface area contributed by atoms with Crippen LogP contribution in [0.5, 0.6) is 0 Å². The minimum Gasteiger partial charge on any atom is -0.481 e. The molecule has 2 amide bonds. The Morgan fingerprint density at radius 1 is 1.03 bits per heavy atom. The Morgan fingerprint density at radius 3 is 2.24 bits per heavy atom. The van der Waals surface area contributed by atoms with Crippen LogP contribution in [0.2, 0.25) is 0 Å². The molecule has 8 heteroatoms. The Kier molecular flexibility index (Phi) is 9.39. The standard InChI is InChI=1S/C26H32N2O5S/c1-17(15-24(29)30)11-13-27-25(31)23(12-14-34-2)28-26(32)33-16-22-20-9-5-3-7-18(20)19-8-4-6-10-21(19)22/h3-10,17,22-23H,11-16H2,1-2H3,(H,27,31)(H,28,32)(H,29,30). The van der Waals surface area contributed by atoms with E-state index in [0.717, 1.165) is 22.3 Å². The molecular formula is C26H32N2O5S. The maximum atomic E-state index is 12.7. The zero-order chi connectivity index (χ0) is 24.5. The van der Waals surface area contributed by atoms with Crippen LogP contribution >= 0.6 is 11.8 Å². The fourth-order valence-electron chi connectivity index (χ4n) is 4.25. The lowest BCUT2D eigenvalue weighted by atomic mass is 9.98. The lowest BCUT2D eigenvalue weighted by molar-refractivity contribution is -0.138. The van der Waals surface area contributed by atoms with Gasteiger partial charge in [-0.25, -0.2) is 4.79 Å². The van der Waals surface area contributed by atoms with Crippen molar-refractivity contribution in [2.45, 2.75) is 38.1 Å².